The highest BCUT2D eigenvalue weighted by Gasteiger charge is 2.30. The Labute approximate surface area is 63.6 Å². The van der Waals surface area contributed by atoms with Gasteiger partial charge in [-0.2, -0.15) is 8.78 Å². The molecular weight excluding hydrogens is 157 g/mol. The summed E-state index contributed by atoms with van der Waals surface area (Å²) in [7, 11) is 1.72. The molecule has 0 bridgehead atoms. The lowest BCUT2D eigenvalue weighted by atomic mass is 10.3. The number of nitrogens with zero attached hydrogens (tertiary/aromatic N) is 2. The van der Waals surface area contributed by atoms with E-state index in [0.29, 0.717) is 11.4 Å². The molecule has 0 saturated carbocycles. The standard InChI is InChI=1S/C6H11F3N2/c1-10-2-3-11(6(8)9)5(7)4-10/h5-6H,2-4H2,1H3. The molecule has 5 heteroatoms. The zero-order valence-electron chi connectivity index (χ0n) is 6.30. The summed E-state index contributed by atoms with van der Waals surface area (Å²) in [4.78, 5) is 2.27. The molecule has 1 heterocycles. The van der Waals surface area contributed by atoms with Gasteiger partial charge < -0.3 is 4.90 Å². The Hall–Kier alpha value is -0.290. The maximum absolute atomic E-state index is 12.8. The van der Waals surface area contributed by atoms with Crippen molar-refractivity contribution in [3.63, 3.8) is 0 Å². The van der Waals surface area contributed by atoms with Crippen molar-refractivity contribution in [1.29, 1.82) is 0 Å². The third-order valence-corrected chi connectivity index (χ3v) is 1.81. The SMILES string of the molecule is CN1CCN(C(F)F)C(F)C1. The van der Waals surface area contributed by atoms with Gasteiger partial charge in [-0.15, -0.1) is 0 Å². The van der Waals surface area contributed by atoms with Crippen LogP contribution in [0.4, 0.5) is 13.2 Å². The van der Waals surface area contributed by atoms with Crippen molar-refractivity contribution in [3.05, 3.63) is 0 Å². The van der Waals surface area contributed by atoms with Gasteiger partial charge in [-0.05, 0) is 7.05 Å². The van der Waals surface area contributed by atoms with Crippen LogP contribution < -0.4 is 0 Å². The molecule has 0 amide bonds. The fourth-order valence-electron chi connectivity index (χ4n) is 1.10. The number of rotatable bonds is 1. The smallest absolute Gasteiger partial charge is 0.297 e. The molecule has 1 atom stereocenters. The van der Waals surface area contributed by atoms with E-state index in [4.69, 9.17) is 0 Å². The Morgan fingerprint density at radius 3 is 2.45 bits per heavy atom. The minimum Gasteiger partial charge on any atom is -0.301 e. The number of hydrogen-bond donors (Lipinski definition) is 0. The highest BCUT2D eigenvalue weighted by molar-refractivity contribution is 4.72. The van der Waals surface area contributed by atoms with Crippen molar-refractivity contribution in [2.75, 3.05) is 26.7 Å². The number of alkyl halides is 3. The maximum Gasteiger partial charge on any atom is 0.297 e. The average Bonchev–Trinajstić information content (AvgIpc) is 1.85. The van der Waals surface area contributed by atoms with Crippen LogP contribution in [0.2, 0.25) is 0 Å². The third kappa shape index (κ3) is 2.07. The highest BCUT2D eigenvalue weighted by Crippen LogP contribution is 2.14. The van der Waals surface area contributed by atoms with Crippen molar-refractivity contribution in [2.45, 2.75) is 12.8 Å². The quantitative estimate of drug-likeness (QED) is 0.533. The summed E-state index contributed by atoms with van der Waals surface area (Å²) in [6.07, 6.45) is -1.52. The summed E-state index contributed by atoms with van der Waals surface area (Å²) in [5.41, 5.74) is 0. The minimum atomic E-state index is -2.67. The van der Waals surface area contributed by atoms with E-state index < -0.39 is 12.8 Å². The Bertz CT molecular complexity index is 131. The van der Waals surface area contributed by atoms with Gasteiger partial charge in [0.1, 0.15) is 0 Å². The molecule has 1 rings (SSSR count). The van der Waals surface area contributed by atoms with Gasteiger partial charge in [0.2, 0.25) is 0 Å². The first kappa shape index (κ1) is 8.80. The molecule has 0 aromatic heterocycles. The summed E-state index contributed by atoms with van der Waals surface area (Å²) in [6.45, 7) is -1.98. The minimum absolute atomic E-state index is 0.0737. The monoisotopic (exact) mass is 168 g/mol. The van der Waals surface area contributed by atoms with Crippen LogP contribution in [0.1, 0.15) is 0 Å². The van der Waals surface area contributed by atoms with E-state index in [-0.39, 0.29) is 13.1 Å². The molecular formula is C6H11F3N2. The van der Waals surface area contributed by atoms with E-state index in [1.54, 1.807) is 11.9 Å². The van der Waals surface area contributed by atoms with E-state index >= 15 is 0 Å². The molecule has 0 aliphatic carbocycles. The van der Waals surface area contributed by atoms with Gasteiger partial charge in [0.15, 0.2) is 6.30 Å². The number of piperazine rings is 1. The summed E-state index contributed by atoms with van der Waals surface area (Å²) in [5, 5.41) is 0. The number of hydrogen-bond acceptors (Lipinski definition) is 2. The molecule has 0 aromatic carbocycles. The molecule has 2 nitrogen and oxygen atoms in total. The van der Waals surface area contributed by atoms with Crippen LogP contribution in [-0.4, -0.2) is 49.3 Å². The Balaban J connectivity index is 2.44. The summed E-state index contributed by atoms with van der Waals surface area (Å²) in [5.74, 6) is 0. The molecule has 11 heavy (non-hydrogen) atoms. The number of likely N-dealkylation sites (N-methyl/N-ethyl adjacent to an activating group) is 1. The molecule has 0 N–H and O–H groups in total. The van der Waals surface area contributed by atoms with Crippen LogP contribution >= 0.6 is 0 Å². The van der Waals surface area contributed by atoms with Crippen LogP contribution in [0, 0.1) is 0 Å². The van der Waals surface area contributed by atoms with Crippen molar-refractivity contribution < 1.29 is 13.2 Å². The van der Waals surface area contributed by atoms with Crippen molar-refractivity contribution >= 4 is 0 Å². The zero-order valence-corrected chi connectivity index (χ0v) is 6.30. The molecule has 0 aromatic rings. The lowest BCUT2D eigenvalue weighted by Crippen LogP contribution is -2.51. The van der Waals surface area contributed by atoms with Gasteiger partial charge in [0, 0.05) is 19.6 Å². The second-order valence-corrected chi connectivity index (χ2v) is 2.71. The van der Waals surface area contributed by atoms with Gasteiger partial charge in [-0.1, -0.05) is 0 Å². The first-order valence-corrected chi connectivity index (χ1v) is 3.48. The van der Waals surface area contributed by atoms with E-state index in [0.717, 1.165) is 0 Å². The van der Waals surface area contributed by atoms with E-state index in [1.807, 2.05) is 0 Å². The van der Waals surface area contributed by atoms with Gasteiger partial charge in [-0.25, -0.2) is 9.29 Å². The van der Waals surface area contributed by atoms with E-state index in [2.05, 4.69) is 0 Å². The molecule has 1 unspecified atom stereocenters. The van der Waals surface area contributed by atoms with Crippen molar-refractivity contribution in [2.24, 2.45) is 0 Å². The molecule has 1 saturated heterocycles. The second kappa shape index (κ2) is 3.40. The molecule has 1 aliphatic heterocycles. The Morgan fingerprint density at radius 2 is 2.00 bits per heavy atom. The van der Waals surface area contributed by atoms with Gasteiger partial charge in [0.05, 0.1) is 0 Å². The predicted octanol–water partition coefficient (Wildman–Crippen LogP) is 0.752. The Morgan fingerprint density at radius 1 is 1.36 bits per heavy atom. The first-order valence-electron chi connectivity index (χ1n) is 3.48. The van der Waals surface area contributed by atoms with E-state index in [9.17, 15) is 13.2 Å². The summed E-state index contributed by atoms with van der Waals surface area (Å²) >= 11 is 0. The average molecular weight is 168 g/mol. The Kier molecular flexibility index (Phi) is 2.72. The van der Waals surface area contributed by atoms with Crippen LogP contribution in [0.15, 0.2) is 0 Å². The van der Waals surface area contributed by atoms with Gasteiger partial charge in [-0.3, -0.25) is 0 Å². The van der Waals surface area contributed by atoms with Crippen LogP contribution in [0.3, 0.4) is 0 Å². The molecule has 0 spiro atoms. The first-order chi connectivity index (χ1) is 5.11. The van der Waals surface area contributed by atoms with Gasteiger partial charge in [0.25, 0.3) is 6.55 Å². The topological polar surface area (TPSA) is 6.48 Å². The highest BCUT2D eigenvalue weighted by atomic mass is 19.3. The molecule has 0 radical (unpaired) electrons. The third-order valence-electron chi connectivity index (χ3n) is 1.81. The predicted molar refractivity (Wildman–Crippen MR) is 35.1 cm³/mol. The van der Waals surface area contributed by atoms with Gasteiger partial charge >= 0.3 is 0 Å². The molecule has 66 valence electrons. The van der Waals surface area contributed by atoms with Crippen molar-refractivity contribution in [3.8, 4) is 0 Å². The lowest BCUT2D eigenvalue weighted by molar-refractivity contribution is -0.117. The lowest BCUT2D eigenvalue weighted by Gasteiger charge is -2.34. The molecule has 1 fully saturated rings. The summed E-state index contributed by atoms with van der Waals surface area (Å²) < 4.78 is 36.7. The number of halogens is 3. The normalized spacial score (nSPS) is 29.7. The zero-order chi connectivity index (χ0) is 8.43. The maximum atomic E-state index is 12.8. The van der Waals surface area contributed by atoms with Crippen molar-refractivity contribution in [1.82, 2.24) is 9.80 Å². The fourth-order valence-corrected chi connectivity index (χ4v) is 1.10. The summed E-state index contributed by atoms with van der Waals surface area (Å²) in [6, 6.07) is 0. The van der Waals surface area contributed by atoms with Crippen LogP contribution in [0.5, 0.6) is 0 Å². The fraction of sp³-hybridized carbons (Fsp3) is 1.00. The largest absolute Gasteiger partial charge is 0.301 e. The van der Waals surface area contributed by atoms with Crippen LogP contribution in [-0.2, 0) is 0 Å². The van der Waals surface area contributed by atoms with Crippen LogP contribution in [0.25, 0.3) is 0 Å². The molecule has 1 aliphatic rings. The van der Waals surface area contributed by atoms with E-state index in [1.165, 1.54) is 0 Å². The second-order valence-electron chi connectivity index (χ2n) is 2.71.